The van der Waals surface area contributed by atoms with Crippen molar-refractivity contribution in [2.75, 3.05) is 0 Å². The van der Waals surface area contributed by atoms with Gasteiger partial charge in [-0.05, 0) is 47.5 Å². The Morgan fingerprint density at radius 1 is 1.11 bits per heavy atom. The van der Waals surface area contributed by atoms with Crippen molar-refractivity contribution < 1.29 is 5.11 Å². The van der Waals surface area contributed by atoms with Crippen LogP contribution in [0, 0.1) is 0 Å². The predicted molar refractivity (Wildman–Crippen MR) is 73.7 cm³/mol. The second-order valence-electron chi connectivity index (χ2n) is 3.68. The van der Waals surface area contributed by atoms with Gasteiger partial charge >= 0.3 is 0 Å². The standard InChI is InChI=1S/C13H10Cl2N2O/c14-12-5-10(6-13(15)17-12)8-16-7-9-1-3-11(18)4-2-9/h1-7,18H,8H2. The van der Waals surface area contributed by atoms with Gasteiger partial charge < -0.3 is 5.11 Å². The summed E-state index contributed by atoms with van der Waals surface area (Å²) < 4.78 is 0. The summed E-state index contributed by atoms with van der Waals surface area (Å²) in [5.41, 5.74) is 1.81. The maximum atomic E-state index is 9.14. The molecule has 1 N–H and O–H groups in total. The van der Waals surface area contributed by atoms with Gasteiger partial charge in [-0.15, -0.1) is 0 Å². The van der Waals surface area contributed by atoms with Crippen molar-refractivity contribution in [2.45, 2.75) is 6.54 Å². The van der Waals surface area contributed by atoms with Crippen LogP contribution in [0.4, 0.5) is 0 Å². The fraction of sp³-hybridized carbons (Fsp3) is 0.0769. The number of aromatic hydroxyl groups is 1. The van der Waals surface area contributed by atoms with Crippen LogP contribution in [0.15, 0.2) is 41.4 Å². The Bertz CT molecular complexity index is 547. The highest BCUT2D eigenvalue weighted by atomic mass is 35.5. The van der Waals surface area contributed by atoms with Crippen LogP contribution >= 0.6 is 23.2 Å². The molecule has 0 radical (unpaired) electrons. The molecule has 0 aliphatic rings. The molecule has 0 fully saturated rings. The third kappa shape index (κ3) is 3.72. The number of nitrogens with zero attached hydrogens (tertiary/aromatic N) is 2. The van der Waals surface area contributed by atoms with Crippen molar-refractivity contribution in [1.29, 1.82) is 0 Å². The zero-order valence-electron chi connectivity index (χ0n) is 9.35. The summed E-state index contributed by atoms with van der Waals surface area (Å²) >= 11 is 11.6. The van der Waals surface area contributed by atoms with Crippen molar-refractivity contribution in [3.63, 3.8) is 0 Å². The van der Waals surface area contributed by atoms with E-state index in [4.69, 9.17) is 28.3 Å². The molecule has 0 saturated carbocycles. The Morgan fingerprint density at radius 3 is 2.33 bits per heavy atom. The molecule has 0 spiro atoms. The molecule has 0 saturated heterocycles. The lowest BCUT2D eigenvalue weighted by molar-refractivity contribution is 0.475. The van der Waals surface area contributed by atoms with E-state index in [1.807, 2.05) is 0 Å². The Morgan fingerprint density at radius 2 is 1.72 bits per heavy atom. The van der Waals surface area contributed by atoms with E-state index in [1.54, 1.807) is 42.6 Å². The first-order valence-electron chi connectivity index (χ1n) is 5.24. The largest absolute Gasteiger partial charge is 0.508 e. The molecule has 18 heavy (non-hydrogen) atoms. The number of halogens is 2. The zero-order valence-corrected chi connectivity index (χ0v) is 10.9. The third-order valence-corrected chi connectivity index (χ3v) is 2.62. The Hall–Kier alpha value is -1.58. The SMILES string of the molecule is Oc1ccc(C=NCc2cc(Cl)nc(Cl)c2)cc1. The van der Waals surface area contributed by atoms with Crippen LogP contribution in [0.1, 0.15) is 11.1 Å². The van der Waals surface area contributed by atoms with E-state index < -0.39 is 0 Å². The minimum atomic E-state index is 0.236. The van der Waals surface area contributed by atoms with Gasteiger partial charge in [0, 0.05) is 6.21 Å². The van der Waals surface area contributed by atoms with Gasteiger partial charge in [0.25, 0.3) is 0 Å². The summed E-state index contributed by atoms with van der Waals surface area (Å²) in [7, 11) is 0. The molecular formula is C13H10Cl2N2O. The highest BCUT2D eigenvalue weighted by Gasteiger charge is 1.98. The Kier molecular flexibility index (Phi) is 4.18. The smallest absolute Gasteiger partial charge is 0.131 e. The molecule has 0 amide bonds. The van der Waals surface area contributed by atoms with E-state index in [-0.39, 0.29) is 5.75 Å². The molecule has 92 valence electrons. The van der Waals surface area contributed by atoms with Crippen molar-refractivity contribution >= 4 is 29.4 Å². The van der Waals surface area contributed by atoms with Crippen LogP contribution in [-0.4, -0.2) is 16.3 Å². The fourth-order valence-corrected chi connectivity index (χ4v) is 1.93. The number of benzene rings is 1. The number of hydrogen-bond donors (Lipinski definition) is 1. The average Bonchev–Trinajstić information content (AvgIpc) is 2.30. The normalized spacial score (nSPS) is 11.0. The van der Waals surface area contributed by atoms with E-state index in [9.17, 15) is 0 Å². The summed E-state index contributed by atoms with van der Waals surface area (Å²) in [5.74, 6) is 0.236. The second kappa shape index (κ2) is 5.85. The predicted octanol–water partition coefficient (Wildman–Crippen LogP) is 3.71. The van der Waals surface area contributed by atoms with E-state index in [0.717, 1.165) is 11.1 Å². The van der Waals surface area contributed by atoms with Crippen molar-refractivity contribution in [1.82, 2.24) is 4.98 Å². The van der Waals surface area contributed by atoms with Crippen molar-refractivity contribution in [2.24, 2.45) is 4.99 Å². The molecule has 1 aromatic heterocycles. The maximum Gasteiger partial charge on any atom is 0.131 e. The number of phenolic OH excluding ortho intramolecular Hbond substituents is 1. The molecule has 2 aromatic rings. The van der Waals surface area contributed by atoms with Gasteiger partial charge in [0.15, 0.2) is 0 Å². The van der Waals surface area contributed by atoms with Crippen LogP contribution in [0.25, 0.3) is 0 Å². The molecule has 0 unspecified atom stereocenters. The van der Waals surface area contributed by atoms with Gasteiger partial charge in [-0.25, -0.2) is 4.98 Å². The first-order valence-corrected chi connectivity index (χ1v) is 6.00. The summed E-state index contributed by atoms with van der Waals surface area (Å²) in [4.78, 5) is 8.13. The Labute approximate surface area is 115 Å². The summed E-state index contributed by atoms with van der Waals surface area (Å²) in [6.45, 7) is 0.475. The van der Waals surface area contributed by atoms with E-state index in [2.05, 4.69) is 9.98 Å². The van der Waals surface area contributed by atoms with Crippen LogP contribution in [0.5, 0.6) is 5.75 Å². The number of rotatable bonds is 3. The van der Waals surface area contributed by atoms with Gasteiger partial charge in [0.05, 0.1) is 6.54 Å². The highest BCUT2D eigenvalue weighted by Crippen LogP contribution is 2.15. The molecule has 0 bridgehead atoms. The van der Waals surface area contributed by atoms with Gasteiger partial charge in [0.1, 0.15) is 16.1 Å². The molecule has 1 aromatic carbocycles. The minimum Gasteiger partial charge on any atom is -0.508 e. The number of phenols is 1. The van der Waals surface area contributed by atoms with Crippen molar-refractivity contribution in [3.8, 4) is 5.75 Å². The third-order valence-electron chi connectivity index (χ3n) is 2.23. The first kappa shape index (κ1) is 12.9. The highest BCUT2D eigenvalue weighted by molar-refractivity contribution is 6.32. The second-order valence-corrected chi connectivity index (χ2v) is 4.46. The maximum absolute atomic E-state index is 9.14. The van der Waals surface area contributed by atoms with Crippen LogP contribution in [-0.2, 0) is 6.54 Å². The molecule has 0 aliphatic carbocycles. The lowest BCUT2D eigenvalue weighted by Gasteiger charge is -1.99. The zero-order chi connectivity index (χ0) is 13.0. The molecule has 5 heteroatoms. The molecule has 2 rings (SSSR count). The van der Waals surface area contributed by atoms with Gasteiger partial charge in [-0.1, -0.05) is 23.2 Å². The van der Waals surface area contributed by atoms with E-state index in [0.29, 0.717) is 16.9 Å². The lowest BCUT2D eigenvalue weighted by atomic mass is 10.2. The quantitative estimate of drug-likeness (QED) is 0.688. The number of hydrogen-bond acceptors (Lipinski definition) is 3. The Balaban J connectivity index is 2.04. The van der Waals surface area contributed by atoms with Crippen LogP contribution < -0.4 is 0 Å². The van der Waals surface area contributed by atoms with Crippen LogP contribution in [0.2, 0.25) is 10.3 Å². The van der Waals surface area contributed by atoms with Gasteiger partial charge in [-0.3, -0.25) is 4.99 Å². The lowest BCUT2D eigenvalue weighted by Crippen LogP contribution is -1.87. The fourth-order valence-electron chi connectivity index (χ4n) is 1.42. The molecule has 0 aliphatic heterocycles. The van der Waals surface area contributed by atoms with Crippen LogP contribution in [0.3, 0.4) is 0 Å². The summed E-state index contributed by atoms with van der Waals surface area (Å²) in [6.07, 6.45) is 1.72. The minimum absolute atomic E-state index is 0.236. The molecule has 3 nitrogen and oxygen atoms in total. The monoisotopic (exact) mass is 280 g/mol. The summed E-state index contributed by atoms with van der Waals surface area (Å²) in [5, 5.41) is 9.86. The first-order chi connectivity index (χ1) is 8.63. The molecule has 1 heterocycles. The number of aromatic nitrogens is 1. The van der Waals surface area contributed by atoms with E-state index in [1.165, 1.54) is 0 Å². The van der Waals surface area contributed by atoms with Gasteiger partial charge in [0.2, 0.25) is 0 Å². The number of pyridine rings is 1. The molecular weight excluding hydrogens is 271 g/mol. The number of aliphatic imine (C=N–C) groups is 1. The average molecular weight is 281 g/mol. The molecule has 0 atom stereocenters. The topological polar surface area (TPSA) is 45.5 Å². The van der Waals surface area contributed by atoms with E-state index >= 15 is 0 Å². The van der Waals surface area contributed by atoms with Crippen molar-refractivity contribution in [3.05, 3.63) is 57.8 Å². The van der Waals surface area contributed by atoms with Gasteiger partial charge in [-0.2, -0.15) is 0 Å². The summed E-state index contributed by atoms with van der Waals surface area (Å²) in [6, 6.07) is 10.2.